The van der Waals surface area contributed by atoms with Crippen LogP contribution >= 0.6 is 0 Å². The molecule has 2 aromatic rings. The van der Waals surface area contributed by atoms with Gasteiger partial charge < -0.3 is 10.5 Å². The molecule has 0 saturated carbocycles. The second kappa shape index (κ2) is 6.29. The van der Waals surface area contributed by atoms with Crippen LogP contribution in [0.2, 0.25) is 0 Å². The molecule has 0 aliphatic rings. The van der Waals surface area contributed by atoms with Gasteiger partial charge in [-0.05, 0) is 48.0 Å². The highest BCUT2D eigenvalue weighted by molar-refractivity contribution is 5.37. The monoisotopic (exact) mass is 261 g/mol. The molecule has 0 saturated heterocycles. The SMILES string of the molecule is CCCCOc1ccc(-n2nnnc2C(C)N)cc1. The fraction of sp³-hybridized carbons (Fsp3) is 0.462. The number of hydrogen-bond donors (Lipinski definition) is 1. The lowest BCUT2D eigenvalue weighted by atomic mass is 10.3. The van der Waals surface area contributed by atoms with Crippen molar-refractivity contribution < 1.29 is 4.74 Å². The van der Waals surface area contributed by atoms with E-state index in [1.54, 1.807) is 4.68 Å². The molecule has 1 heterocycles. The van der Waals surface area contributed by atoms with Crippen LogP contribution in [0, 0.1) is 0 Å². The van der Waals surface area contributed by atoms with Gasteiger partial charge in [0.2, 0.25) is 0 Å². The molecule has 2 N–H and O–H groups in total. The number of tetrazole rings is 1. The van der Waals surface area contributed by atoms with Gasteiger partial charge >= 0.3 is 0 Å². The zero-order valence-electron chi connectivity index (χ0n) is 11.3. The molecule has 102 valence electrons. The molecular formula is C13H19N5O. The molecule has 1 unspecified atom stereocenters. The van der Waals surface area contributed by atoms with Crippen LogP contribution in [0.15, 0.2) is 24.3 Å². The summed E-state index contributed by atoms with van der Waals surface area (Å²) in [5.74, 6) is 1.49. The number of benzene rings is 1. The molecular weight excluding hydrogens is 242 g/mol. The Kier molecular flexibility index (Phi) is 4.46. The Morgan fingerprint density at radius 3 is 2.68 bits per heavy atom. The molecule has 19 heavy (non-hydrogen) atoms. The van der Waals surface area contributed by atoms with Crippen molar-refractivity contribution in [2.75, 3.05) is 6.61 Å². The molecule has 0 aliphatic heterocycles. The summed E-state index contributed by atoms with van der Waals surface area (Å²) in [4.78, 5) is 0. The van der Waals surface area contributed by atoms with Crippen LogP contribution in [0.3, 0.4) is 0 Å². The second-order valence-electron chi connectivity index (χ2n) is 4.43. The number of nitrogens with zero attached hydrogens (tertiary/aromatic N) is 4. The van der Waals surface area contributed by atoms with Crippen molar-refractivity contribution in [3.8, 4) is 11.4 Å². The van der Waals surface area contributed by atoms with Gasteiger partial charge in [-0.15, -0.1) is 5.10 Å². The van der Waals surface area contributed by atoms with Gasteiger partial charge in [-0.2, -0.15) is 4.68 Å². The normalized spacial score (nSPS) is 12.4. The van der Waals surface area contributed by atoms with Crippen LogP contribution in [0.4, 0.5) is 0 Å². The predicted octanol–water partition coefficient (Wildman–Crippen LogP) is 1.86. The van der Waals surface area contributed by atoms with E-state index in [1.165, 1.54) is 0 Å². The second-order valence-corrected chi connectivity index (χ2v) is 4.43. The van der Waals surface area contributed by atoms with E-state index in [0.29, 0.717) is 5.82 Å². The van der Waals surface area contributed by atoms with Gasteiger partial charge in [0.15, 0.2) is 5.82 Å². The Morgan fingerprint density at radius 2 is 2.05 bits per heavy atom. The lowest BCUT2D eigenvalue weighted by Crippen LogP contribution is -2.13. The van der Waals surface area contributed by atoms with Crippen molar-refractivity contribution in [3.63, 3.8) is 0 Å². The van der Waals surface area contributed by atoms with Crippen LogP contribution in [-0.2, 0) is 0 Å². The number of unbranched alkanes of at least 4 members (excludes halogenated alkanes) is 1. The van der Waals surface area contributed by atoms with Gasteiger partial charge in [-0.1, -0.05) is 13.3 Å². The van der Waals surface area contributed by atoms with Gasteiger partial charge in [0.25, 0.3) is 0 Å². The van der Waals surface area contributed by atoms with E-state index in [1.807, 2.05) is 31.2 Å². The van der Waals surface area contributed by atoms with Gasteiger partial charge in [-0.25, -0.2) is 0 Å². The van der Waals surface area contributed by atoms with E-state index in [9.17, 15) is 0 Å². The molecule has 0 spiro atoms. The minimum absolute atomic E-state index is 0.213. The largest absolute Gasteiger partial charge is 0.494 e. The van der Waals surface area contributed by atoms with E-state index >= 15 is 0 Å². The minimum atomic E-state index is -0.213. The van der Waals surface area contributed by atoms with Crippen LogP contribution in [0.5, 0.6) is 5.75 Å². The van der Waals surface area contributed by atoms with Crippen LogP contribution < -0.4 is 10.5 Å². The molecule has 1 aromatic heterocycles. The maximum Gasteiger partial charge on any atom is 0.173 e. The van der Waals surface area contributed by atoms with Crippen molar-refractivity contribution in [2.45, 2.75) is 32.7 Å². The standard InChI is InChI=1S/C13H19N5O/c1-3-4-9-19-12-7-5-11(6-8-12)18-13(10(2)14)15-16-17-18/h5-8,10H,3-4,9,14H2,1-2H3. The van der Waals surface area contributed by atoms with E-state index in [4.69, 9.17) is 10.5 Å². The summed E-state index contributed by atoms with van der Waals surface area (Å²) < 4.78 is 7.25. The number of nitrogens with two attached hydrogens (primary N) is 1. The Bertz CT molecular complexity index is 506. The van der Waals surface area contributed by atoms with E-state index in [-0.39, 0.29) is 6.04 Å². The molecule has 1 aromatic carbocycles. The molecule has 0 amide bonds. The summed E-state index contributed by atoms with van der Waals surface area (Å²) in [7, 11) is 0. The molecule has 1 atom stereocenters. The quantitative estimate of drug-likeness (QED) is 0.803. The summed E-state index contributed by atoms with van der Waals surface area (Å²) in [6.45, 7) is 4.73. The van der Waals surface area contributed by atoms with Crippen LogP contribution in [0.1, 0.15) is 38.6 Å². The third-order valence-corrected chi connectivity index (χ3v) is 2.75. The minimum Gasteiger partial charge on any atom is -0.494 e. The Labute approximate surface area is 112 Å². The van der Waals surface area contributed by atoms with Crippen molar-refractivity contribution in [1.29, 1.82) is 0 Å². The molecule has 6 heteroatoms. The van der Waals surface area contributed by atoms with Crippen molar-refractivity contribution in [2.24, 2.45) is 5.73 Å². The highest BCUT2D eigenvalue weighted by Gasteiger charge is 2.11. The van der Waals surface area contributed by atoms with Crippen molar-refractivity contribution in [3.05, 3.63) is 30.1 Å². The Hall–Kier alpha value is -1.95. The van der Waals surface area contributed by atoms with Gasteiger partial charge in [0.05, 0.1) is 18.3 Å². The van der Waals surface area contributed by atoms with Crippen LogP contribution in [-0.4, -0.2) is 26.8 Å². The summed E-state index contributed by atoms with van der Waals surface area (Å²) >= 11 is 0. The van der Waals surface area contributed by atoms with Crippen molar-refractivity contribution in [1.82, 2.24) is 20.2 Å². The number of aromatic nitrogens is 4. The average Bonchev–Trinajstić information content (AvgIpc) is 2.89. The zero-order valence-corrected chi connectivity index (χ0v) is 11.3. The fourth-order valence-corrected chi connectivity index (χ4v) is 1.68. The molecule has 0 bridgehead atoms. The van der Waals surface area contributed by atoms with Crippen LogP contribution in [0.25, 0.3) is 5.69 Å². The smallest absolute Gasteiger partial charge is 0.173 e. The van der Waals surface area contributed by atoms with E-state index < -0.39 is 0 Å². The van der Waals surface area contributed by atoms with Gasteiger partial charge in [0.1, 0.15) is 5.75 Å². The first-order valence-corrected chi connectivity index (χ1v) is 6.49. The first kappa shape index (κ1) is 13.5. The topological polar surface area (TPSA) is 78.8 Å². The average molecular weight is 261 g/mol. The Balaban J connectivity index is 2.11. The summed E-state index contributed by atoms with van der Waals surface area (Å²) in [6, 6.07) is 7.46. The third-order valence-electron chi connectivity index (χ3n) is 2.75. The summed E-state index contributed by atoms with van der Waals surface area (Å²) in [5.41, 5.74) is 6.69. The summed E-state index contributed by atoms with van der Waals surface area (Å²) in [6.07, 6.45) is 2.18. The highest BCUT2D eigenvalue weighted by atomic mass is 16.5. The molecule has 0 radical (unpaired) electrons. The predicted molar refractivity (Wildman–Crippen MR) is 72.2 cm³/mol. The molecule has 2 rings (SSSR count). The summed E-state index contributed by atoms with van der Waals surface area (Å²) in [5, 5.41) is 11.5. The van der Waals surface area contributed by atoms with Crippen molar-refractivity contribution >= 4 is 0 Å². The first-order chi connectivity index (χ1) is 9.22. The van der Waals surface area contributed by atoms with E-state index in [2.05, 4.69) is 22.4 Å². The Morgan fingerprint density at radius 1 is 1.32 bits per heavy atom. The molecule has 0 fully saturated rings. The van der Waals surface area contributed by atoms with Gasteiger partial charge in [-0.3, -0.25) is 0 Å². The third kappa shape index (κ3) is 3.29. The maximum absolute atomic E-state index is 5.82. The maximum atomic E-state index is 5.82. The first-order valence-electron chi connectivity index (χ1n) is 6.49. The lowest BCUT2D eigenvalue weighted by Gasteiger charge is -2.08. The number of hydrogen-bond acceptors (Lipinski definition) is 5. The van der Waals surface area contributed by atoms with Gasteiger partial charge in [0, 0.05) is 0 Å². The fourth-order valence-electron chi connectivity index (χ4n) is 1.68. The van der Waals surface area contributed by atoms with E-state index in [0.717, 1.165) is 30.9 Å². The number of ether oxygens (including phenoxy) is 1. The molecule has 6 nitrogen and oxygen atoms in total. The number of rotatable bonds is 6. The highest BCUT2D eigenvalue weighted by Crippen LogP contribution is 2.17. The molecule has 0 aliphatic carbocycles. The lowest BCUT2D eigenvalue weighted by molar-refractivity contribution is 0.309. The zero-order chi connectivity index (χ0) is 13.7.